The van der Waals surface area contributed by atoms with Gasteiger partial charge in [0.1, 0.15) is 0 Å². The average Bonchev–Trinajstić information content (AvgIpc) is 2.74. The minimum atomic E-state index is -3.28. The van der Waals surface area contributed by atoms with Crippen molar-refractivity contribution in [3.8, 4) is 0 Å². The van der Waals surface area contributed by atoms with Crippen LogP contribution < -0.4 is 15.9 Å². The molecule has 0 saturated carbocycles. The maximum absolute atomic E-state index is 11.2. The van der Waals surface area contributed by atoms with Crippen LogP contribution in [0.2, 0.25) is 0 Å². The zero-order valence-electron chi connectivity index (χ0n) is 14.8. The topological polar surface area (TPSA) is 17.1 Å². The van der Waals surface area contributed by atoms with E-state index in [1.165, 1.54) is 0 Å². The van der Waals surface area contributed by atoms with Crippen LogP contribution in [0.25, 0.3) is 0 Å². The Morgan fingerprint density at radius 2 is 1.12 bits per heavy atom. The van der Waals surface area contributed by atoms with E-state index in [1.807, 2.05) is 67.6 Å². The van der Waals surface area contributed by atoms with Gasteiger partial charge in [-0.15, -0.1) is 0 Å². The van der Waals surface area contributed by atoms with Gasteiger partial charge >= 0.3 is 160 Å². The Kier molecular flexibility index (Phi) is 5.41. The van der Waals surface area contributed by atoms with Gasteiger partial charge < -0.3 is 0 Å². The van der Waals surface area contributed by atoms with Crippen LogP contribution in [0.4, 0.5) is 0 Å². The van der Waals surface area contributed by atoms with Crippen LogP contribution in [0.15, 0.2) is 103 Å². The van der Waals surface area contributed by atoms with E-state index in [0.717, 1.165) is 22.2 Å². The summed E-state index contributed by atoms with van der Waals surface area (Å²) in [7, 11) is 0. The fraction of sp³-hybridized carbons (Fsp3) is 0.0870. The Balaban J connectivity index is 2.41. The van der Waals surface area contributed by atoms with Crippen LogP contribution in [0.5, 0.6) is 0 Å². The molecule has 132 valence electrons. The summed E-state index contributed by atoms with van der Waals surface area (Å²) in [6, 6.07) is 30.8. The summed E-state index contributed by atoms with van der Waals surface area (Å²) in [6.45, 7) is 1.83. The van der Waals surface area contributed by atoms with E-state index in [9.17, 15) is 4.79 Å². The molecule has 0 radical (unpaired) electrons. The van der Waals surface area contributed by atoms with Crippen molar-refractivity contribution in [2.24, 2.45) is 0 Å². The molecule has 0 spiro atoms. The second-order valence-electron chi connectivity index (χ2n) is 6.44. The van der Waals surface area contributed by atoms with E-state index in [2.05, 4.69) is 36.4 Å². The molecule has 0 aliphatic rings. The van der Waals surface area contributed by atoms with Crippen molar-refractivity contribution in [1.29, 1.82) is 0 Å². The van der Waals surface area contributed by atoms with Crippen molar-refractivity contribution in [3.05, 3.63) is 103 Å². The van der Waals surface area contributed by atoms with Crippen LogP contribution in [0.1, 0.15) is 6.92 Å². The van der Waals surface area contributed by atoms with Crippen LogP contribution in [-0.4, -0.2) is 12.4 Å². The van der Waals surface area contributed by atoms with Gasteiger partial charge in [-0.05, 0) is 0 Å². The van der Waals surface area contributed by atoms with Gasteiger partial charge in [0.15, 0.2) is 0 Å². The van der Waals surface area contributed by atoms with Gasteiger partial charge in [0.2, 0.25) is 0 Å². The van der Waals surface area contributed by atoms with E-state index in [-0.39, 0.29) is 0 Å². The van der Waals surface area contributed by atoms with Gasteiger partial charge in [-0.25, -0.2) is 0 Å². The first-order valence-corrected chi connectivity index (χ1v) is 11.9. The van der Waals surface area contributed by atoms with Gasteiger partial charge in [0, 0.05) is 0 Å². The molecular weight excluding hydrogens is 359 g/mol. The first kappa shape index (κ1) is 18.6. The van der Waals surface area contributed by atoms with Crippen molar-refractivity contribution in [2.75, 3.05) is 6.16 Å². The summed E-state index contributed by atoms with van der Waals surface area (Å²) < 4.78 is 0. The van der Waals surface area contributed by atoms with Gasteiger partial charge in [-0.3, -0.25) is 0 Å². The predicted octanol–water partition coefficient (Wildman–Crippen LogP) is 4.82. The summed E-state index contributed by atoms with van der Waals surface area (Å²) >= 11 is 7.85. The molecule has 3 heteroatoms. The summed E-state index contributed by atoms with van der Waals surface area (Å²) in [6.07, 6.45) is 3.46. The van der Waals surface area contributed by atoms with Crippen molar-refractivity contribution >= 4 is 39.4 Å². The Hall–Kier alpha value is -2.21. The number of carbonyl (C=O) groups is 1. The standard InChI is InChI=1S/C23H22ClOP/c1-20(19-25)17-18-26(24,21-11-5-2-6-12-21,22-13-7-3-8-14-22)23-15-9-4-10-16-23/h2-17,19H,18H2,1H3. The molecule has 0 heterocycles. The molecule has 0 aliphatic carbocycles. The summed E-state index contributed by atoms with van der Waals surface area (Å²) in [5, 5.41) is 3.31. The SMILES string of the molecule is CC(C=O)=CCP(Cl)(c1ccccc1)(c1ccccc1)c1ccccc1. The number of aldehydes is 1. The third kappa shape index (κ3) is 3.14. The van der Waals surface area contributed by atoms with Gasteiger partial charge in [0.25, 0.3) is 0 Å². The normalized spacial score (nSPS) is 13.6. The first-order valence-electron chi connectivity index (χ1n) is 8.61. The Morgan fingerprint density at radius 3 is 1.42 bits per heavy atom. The number of hydrogen-bond acceptors (Lipinski definition) is 1. The van der Waals surface area contributed by atoms with Crippen LogP contribution >= 0.6 is 17.2 Å². The fourth-order valence-corrected chi connectivity index (χ4v) is 9.10. The minimum absolute atomic E-state index is 0.593. The fourth-order valence-electron chi connectivity index (χ4n) is 3.34. The number of benzene rings is 3. The zero-order chi connectivity index (χ0) is 18.5. The van der Waals surface area contributed by atoms with E-state index < -0.39 is 5.96 Å². The van der Waals surface area contributed by atoms with Crippen LogP contribution in [0.3, 0.4) is 0 Å². The molecular formula is C23H22ClOP. The van der Waals surface area contributed by atoms with E-state index in [1.54, 1.807) is 0 Å². The first-order chi connectivity index (χ1) is 12.6. The molecule has 0 N–H and O–H groups in total. The van der Waals surface area contributed by atoms with E-state index in [4.69, 9.17) is 11.2 Å². The molecule has 26 heavy (non-hydrogen) atoms. The maximum atomic E-state index is 11.2. The van der Waals surface area contributed by atoms with Gasteiger partial charge in [-0.1, -0.05) is 0 Å². The molecule has 3 aromatic carbocycles. The molecule has 0 aliphatic heterocycles. The predicted molar refractivity (Wildman–Crippen MR) is 116 cm³/mol. The number of allylic oxidation sites excluding steroid dienone is 2. The second-order valence-corrected chi connectivity index (χ2v) is 13.0. The van der Waals surface area contributed by atoms with Crippen molar-refractivity contribution in [2.45, 2.75) is 6.92 Å². The molecule has 1 nitrogen and oxygen atoms in total. The molecule has 0 fully saturated rings. The molecule has 3 rings (SSSR count). The molecule has 0 saturated heterocycles. The molecule has 0 bridgehead atoms. The Labute approximate surface area is 160 Å². The number of hydrogen-bond donors (Lipinski definition) is 0. The zero-order valence-corrected chi connectivity index (χ0v) is 16.4. The monoisotopic (exact) mass is 380 g/mol. The molecule has 3 aromatic rings. The van der Waals surface area contributed by atoms with Gasteiger partial charge in [0.05, 0.1) is 0 Å². The molecule has 0 aromatic heterocycles. The summed E-state index contributed by atoms with van der Waals surface area (Å²) in [5.41, 5.74) is 0.697. The summed E-state index contributed by atoms with van der Waals surface area (Å²) in [5.74, 6) is -3.28. The van der Waals surface area contributed by atoms with Crippen molar-refractivity contribution in [3.63, 3.8) is 0 Å². The average molecular weight is 381 g/mol. The van der Waals surface area contributed by atoms with Crippen molar-refractivity contribution in [1.82, 2.24) is 0 Å². The van der Waals surface area contributed by atoms with Crippen molar-refractivity contribution < 1.29 is 4.79 Å². The molecule has 0 amide bonds. The quantitative estimate of drug-likeness (QED) is 0.340. The van der Waals surface area contributed by atoms with E-state index in [0.29, 0.717) is 11.7 Å². The number of carbonyl (C=O) groups excluding carboxylic acids is 1. The second kappa shape index (κ2) is 7.58. The Morgan fingerprint density at radius 1 is 0.769 bits per heavy atom. The van der Waals surface area contributed by atoms with Crippen LogP contribution in [0, 0.1) is 0 Å². The van der Waals surface area contributed by atoms with E-state index >= 15 is 0 Å². The van der Waals surface area contributed by atoms with Crippen LogP contribution in [-0.2, 0) is 4.79 Å². The molecule has 0 unspecified atom stereocenters. The Bertz CT molecular complexity index is 805. The third-order valence-corrected chi connectivity index (χ3v) is 12.0. The third-order valence-electron chi connectivity index (χ3n) is 4.83. The summed E-state index contributed by atoms with van der Waals surface area (Å²) in [4.78, 5) is 11.2. The number of halogens is 1. The molecule has 0 atom stereocenters. The van der Waals surface area contributed by atoms with Gasteiger partial charge in [-0.2, -0.15) is 0 Å². The number of rotatable bonds is 6.